The summed E-state index contributed by atoms with van der Waals surface area (Å²) in [6, 6.07) is 25.9. The predicted molar refractivity (Wildman–Crippen MR) is 205 cm³/mol. The van der Waals surface area contributed by atoms with E-state index in [4.69, 9.17) is 9.47 Å². The number of aliphatic hydroxyl groups excluding tert-OH is 2. The van der Waals surface area contributed by atoms with Crippen LogP contribution in [0.2, 0.25) is 0 Å². The topological polar surface area (TPSA) is 151 Å². The summed E-state index contributed by atoms with van der Waals surface area (Å²) in [4.78, 5) is 53.4. The molecular formula is C43H58N2O8. The maximum Gasteiger partial charge on any atom is 0.408 e. The van der Waals surface area contributed by atoms with E-state index in [9.17, 15) is 29.4 Å². The molecule has 0 aliphatic carbocycles. The Labute approximate surface area is 314 Å². The van der Waals surface area contributed by atoms with Crippen molar-refractivity contribution in [3.05, 3.63) is 108 Å². The van der Waals surface area contributed by atoms with Gasteiger partial charge in [-0.15, -0.1) is 0 Å². The number of Topliss-reactive ketones (excluding diaryl/α,β-unsaturated/α-hetero) is 1. The summed E-state index contributed by atoms with van der Waals surface area (Å²) in [6.45, 7) is 12.6. The molecule has 4 N–H and O–H groups in total. The number of carbonyl (C=O) groups excluding carboxylic acids is 4. The average molecular weight is 731 g/mol. The average Bonchev–Trinajstić information content (AvgIpc) is 3.11. The van der Waals surface area contributed by atoms with Gasteiger partial charge in [-0.05, 0) is 68.1 Å². The summed E-state index contributed by atoms with van der Waals surface area (Å²) in [5.74, 6) is -3.36. The molecule has 6 atom stereocenters. The lowest BCUT2D eigenvalue weighted by atomic mass is 9.81. The number of esters is 1. The highest BCUT2D eigenvalue weighted by atomic mass is 16.6. The Balaban J connectivity index is 1.87. The molecule has 2 amide bonds. The second-order valence-electron chi connectivity index (χ2n) is 15.5. The smallest absolute Gasteiger partial charge is 0.408 e. The molecule has 0 spiro atoms. The van der Waals surface area contributed by atoms with E-state index in [1.165, 1.54) is 0 Å². The lowest BCUT2D eigenvalue weighted by Gasteiger charge is -2.34. The number of aliphatic hydroxyl groups is 2. The SMILES string of the molecule is CC(C)[C@H](CC(=O)OC(C)(C)C)C(=O)N[C@@H](Cc1ccccc1)[C@@H](O)[C@H](O)[C@@H](CC(=O)[C@@H](NC(=O)OCc1ccccc1)C(C)C)Cc1ccccc1. The molecular weight excluding hydrogens is 672 g/mol. The van der Waals surface area contributed by atoms with E-state index >= 15 is 0 Å². The quantitative estimate of drug-likeness (QED) is 0.106. The third-order valence-corrected chi connectivity index (χ3v) is 9.12. The van der Waals surface area contributed by atoms with Gasteiger partial charge in [-0.25, -0.2) is 4.79 Å². The standard InChI is InChI=1S/C43H58N2O8/c1-28(2)34(26-37(47)53-43(5,6)7)41(50)44-35(24-31-19-13-9-14-20-31)40(49)39(48)33(23-30-17-11-8-12-18-30)25-36(46)38(29(3)4)45-42(51)52-27-32-21-15-10-16-22-32/h8-22,28-29,33-35,38-40,48-49H,23-27H2,1-7H3,(H,44,50)(H,45,51)/t33-,34+,35+,38+,39-,40-/m1/s1. The molecule has 3 aromatic carbocycles. The van der Waals surface area contributed by atoms with Crippen LogP contribution in [0, 0.1) is 23.7 Å². The van der Waals surface area contributed by atoms with Crippen molar-refractivity contribution in [1.29, 1.82) is 0 Å². The van der Waals surface area contributed by atoms with Crippen molar-refractivity contribution in [2.45, 2.75) is 111 Å². The fourth-order valence-electron chi connectivity index (χ4n) is 6.25. The number of benzene rings is 3. The Hall–Kier alpha value is -4.54. The van der Waals surface area contributed by atoms with Gasteiger partial charge in [0.05, 0.1) is 30.5 Å². The number of hydrogen-bond acceptors (Lipinski definition) is 8. The minimum atomic E-state index is -1.50. The molecule has 0 radical (unpaired) electrons. The molecule has 0 aromatic heterocycles. The Morgan fingerprint density at radius 1 is 0.660 bits per heavy atom. The van der Waals surface area contributed by atoms with Crippen molar-refractivity contribution >= 4 is 23.8 Å². The molecule has 0 heterocycles. The third kappa shape index (κ3) is 14.8. The first-order valence-corrected chi connectivity index (χ1v) is 18.5. The number of alkyl carbamates (subject to hydrolysis) is 1. The zero-order valence-electron chi connectivity index (χ0n) is 32.2. The van der Waals surface area contributed by atoms with Gasteiger partial charge in [-0.1, -0.05) is 119 Å². The Kier molecular flexibility index (Phi) is 16.7. The Morgan fingerprint density at radius 2 is 1.17 bits per heavy atom. The lowest BCUT2D eigenvalue weighted by molar-refractivity contribution is -0.158. The minimum Gasteiger partial charge on any atom is -0.460 e. The predicted octanol–water partition coefficient (Wildman–Crippen LogP) is 6.21. The van der Waals surface area contributed by atoms with Crippen LogP contribution in [0.5, 0.6) is 0 Å². The molecule has 0 aliphatic heterocycles. The summed E-state index contributed by atoms with van der Waals surface area (Å²) in [5, 5.41) is 29.5. The summed E-state index contributed by atoms with van der Waals surface area (Å²) >= 11 is 0. The third-order valence-electron chi connectivity index (χ3n) is 9.12. The summed E-state index contributed by atoms with van der Waals surface area (Å²) < 4.78 is 10.9. The van der Waals surface area contributed by atoms with Crippen molar-refractivity contribution in [1.82, 2.24) is 10.6 Å². The van der Waals surface area contributed by atoms with Crippen LogP contribution < -0.4 is 10.6 Å². The molecule has 3 rings (SSSR count). The Bertz CT molecular complexity index is 1570. The van der Waals surface area contributed by atoms with Gasteiger partial charge in [0.25, 0.3) is 0 Å². The van der Waals surface area contributed by atoms with Gasteiger partial charge in [-0.2, -0.15) is 0 Å². The summed E-state index contributed by atoms with van der Waals surface area (Å²) in [5.41, 5.74) is 1.74. The molecule has 53 heavy (non-hydrogen) atoms. The van der Waals surface area contributed by atoms with Crippen LogP contribution in [0.15, 0.2) is 91.0 Å². The number of amides is 2. The second-order valence-corrected chi connectivity index (χ2v) is 15.5. The molecule has 10 heteroatoms. The van der Waals surface area contributed by atoms with Gasteiger partial charge in [0.15, 0.2) is 5.78 Å². The van der Waals surface area contributed by atoms with Crippen LogP contribution in [0.1, 0.15) is 78.0 Å². The van der Waals surface area contributed by atoms with E-state index in [1.54, 1.807) is 20.8 Å². The van der Waals surface area contributed by atoms with E-state index in [2.05, 4.69) is 10.6 Å². The molecule has 3 aromatic rings. The first-order chi connectivity index (χ1) is 25.0. The van der Waals surface area contributed by atoms with E-state index < -0.39 is 59.7 Å². The molecule has 0 unspecified atom stereocenters. The van der Waals surface area contributed by atoms with Crippen molar-refractivity contribution in [2.24, 2.45) is 23.7 Å². The minimum absolute atomic E-state index is 0.0389. The highest BCUT2D eigenvalue weighted by Crippen LogP contribution is 2.25. The number of ether oxygens (including phenoxy) is 2. The number of ketones is 1. The molecule has 288 valence electrons. The molecule has 0 saturated carbocycles. The normalized spacial score (nSPS) is 15.1. The van der Waals surface area contributed by atoms with Crippen LogP contribution in [0.25, 0.3) is 0 Å². The number of carbonyl (C=O) groups is 4. The van der Waals surface area contributed by atoms with Gasteiger partial charge in [0, 0.05) is 6.42 Å². The highest BCUT2D eigenvalue weighted by molar-refractivity contribution is 5.88. The maximum atomic E-state index is 14.0. The first-order valence-electron chi connectivity index (χ1n) is 18.5. The van der Waals surface area contributed by atoms with Gasteiger partial charge >= 0.3 is 12.1 Å². The maximum absolute atomic E-state index is 14.0. The number of nitrogens with one attached hydrogen (secondary N) is 2. The van der Waals surface area contributed by atoms with Crippen molar-refractivity contribution in [2.75, 3.05) is 0 Å². The summed E-state index contributed by atoms with van der Waals surface area (Å²) in [7, 11) is 0. The Morgan fingerprint density at radius 3 is 1.66 bits per heavy atom. The fraction of sp³-hybridized carbons (Fsp3) is 0.488. The van der Waals surface area contributed by atoms with Gasteiger partial charge in [0.1, 0.15) is 18.3 Å². The first kappa shape index (κ1) is 42.9. The monoisotopic (exact) mass is 730 g/mol. The summed E-state index contributed by atoms with van der Waals surface area (Å²) in [6.07, 6.45) is -3.61. The van der Waals surface area contributed by atoms with E-state index in [0.717, 1.165) is 16.7 Å². The van der Waals surface area contributed by atoms with Crippen LogP contribution in [0.3, 0.4) is 0 Å². The molecule has 0 saturated heterocycles. The van der Waals surface area contributed by atoms with E-state index in [1.807, 2.05) is 119 Å². The largest absolute Gasteiger partial charge is 0.460 e. The van der Waals surface area contributed by atoms with Crippen LogP contribution in [0.4, 0.5) is 4.79 Å². The zero-order chi connectivity index (χ0) is 39.1. The van der Waals surface area contributed by atoms with E-state index in [0.29, 0.717) is 0 Å². The van der Waals surface area contributed by atoms with Crippen molar-refractivity contribution in [3.63, 3.8) is 0 Å². The molecule has 0 fully saturated rings. The van der Waals surface area contributed by atoms with E-state index in [-0.39, 0.29) is 49.9 Å². The molecule has 0 bridgehead atoms. The lowest BCUT2D eigenvalue weighted by Crippen LogP contribution is -2.54. The van der Waals surface area contributed by atoms with Crippen LogP contribution in [-0.4, -0.2) is 63.9 Å². The fourth-order valence-corrected chi connectivity index (χ4v) is 6.25. The van der Waals surface area contributed by atoms with Gasteiger partial charge in [-0.3, -0.25) is 14.4 Å². The number of rotatable bonds is 19. The van der Waals surface area contributed by atoms with Crippen LogP contribution >= 0.6 is 0 Å². The highest BCUT2D eigenvalue weighted by Gasteiger charge is 2.38. The van der Waals surface area contributed by atoms with Gasteiger partial charge in [0.2, 0.25) is 5.91 Å². The van der Waals surface area contributed by atoms with Crippen molar-refractivity contribution < 1.29 is 38.9 Å². The molecule has 10 nitrogen and oxygen atoms in total. The van der Waals surface area contributed by atoms with Crippen molar-refractivity contribution in [3.8, 4) is 0 Å². The zero-order valence-corrected chi connectivity index (χ0v) is 32.2. The number of hydrogen-bond donors (Lipinski definition) is 4. The van der Waals surface area contributed by atoms with Crippen LogP contribution in [-0.2, 0) is 43.3 Å². The van der Waals surface area contributed by atoms with Gasteiger partial charge < -0.3 is 30.3 Å². The second kappa shape index (κ2) is 20.6. The molecule has 0 aliphatic rings.